The van der Waals surface area contributed by atoms with Crippen molar-refractivity contribution in [2.24, 2.45) is 0 Å². The molecule has 14 heteroatoms. The molecule has 0 radical (unpaired) electrons. The highest BCUT2D eigenvalue weighted by Crippen LogP contribution is 2.41. The summed E-state index contributed by atoms with van der Waals surface area (Å²) in [5.41, 5.74) is 6.71. The molecule has 2 saturated carbocycles. The van der Waals surface area contributed by atoms with Crippen LogP contribution in [0.4, 0.5) is 25.1 Å². The van der Waals surface area contributed by atoms with Gasteiger partial charge >= 0.3 is 6.09 Å². The summed E-state index contributed by atoms with van der Waals surface area (Å²) >= 11 is 1.32. The van der Waals surface area contributed by atoms with Crippen molar-refractivity contribution in [3.63, 3.8) is 0 Å². The molecule has 0 unspecified atom stereocenters. The minimum Gasteiger partial charge on any atom is -0.394 e. The molecule has 7 N–H and O–H groups in total. The Morgan fingerprint density at radius 1 is 1.18 bits per heavy atom. The number of rotatable bonds is 11. The van der Waals surface area contributed by atoms with Gasteiger partial charge in [0.05, 0.1) is 25.4 Å². The van der Waals surface area contributed by atoms with Gasteiger partial charge in [0, 0.05) is 17.7 Å². The number of aliphatic hydroxyl groups is 3. The molecular weight excluding hydrogens is 524 g/mol. The molecule has 1 heterocycles. The predicted molar refractivity (Wildman–Crippen MR) is 135 cm³/mol. The van der Waals surface area contributed by atoms with E-state index >= 15 is 0 Å². The molecule has 11 nitrogen and oxygen atoms in total. The van der Waals surface area contributed by atoms with E-state index in [4.69, 9.17) is 20.3 Å². The van der Waals surface area contributed by atoms with E-state index in [0.717, 1.165) is 18.6 Å². The first-order valence-corrected chi connectivity index (χ1v) is 13.3. The fourth-order valence-corrected chi connectivity index (χ4v) is 4.98. The van der Waals surface area contributed by atoms with Crippen LogP contribution >= 0.6 is 11.8 Å². The van der Waals surface area contributed by atoms with Crippen LogP contribution in [0.1, 0.15) is 37.7 Å². The Morgan fingerprint density at radius 2 is 1.97 bits per heavy atom. The number of ether oxygens (including phenoxy) is 2. The Balaban J connectivity index is 1.44. The van der Waals surface area contributed by atoms with Gasteiger partial charge in [-0.3, -0.25) is 0 Å². The van der Waals surface area contributed by atoms with Crippen LogP contribution in [0, 0.1) is 11.6 Å². The molecule has 2 aliphatic carbocycles. The largest absolute Gasteiger partial charge is 0.414 e. The lowest BCUT2D eigenvalue weighted by molar-refractivity contribution is -0.0612. The third-order valence-corrected chi connectivity index (χ3v) is 7.41. The first-order chi connectivity index (χ1) is 18.2. The van der Waals surface area contributed by atoms with E-state index in [-0.39, 0.29) is 49.0 Å². The van der Waals surface area contributed by atoms with Crippen molar-refractivity contribution in [2.75, 3.05) is 30.0 Å². The van der Waals surface area contributed by atoms with Crippen LogP contribution in [0.15, 0.2) is 23.4 Å². The maximum atomic E-state index is 13.6. The number of carbonyl (C=O) groups excluding carboxylic acids is 1. The summed E-state index contributed by atoms with van der Waals surface area (Å²) in [5, 5.41) is 35.7. The summed E-state index contributed by atoms with van der Waals surface area (Å²) in [7, 11) is 0. The average Bonchev–Trinajstić information content (AvgIpc) is 3.60. The van der Waals surface area contributed by atoms with Crippen LogP contribution in [0.2, 0.25) is 0 Å². The molecule has 0 spiro atoms. The van der Waals surface area contributed by atoms with Crippen LogP contribution in [0.5, 0.6) is 5.88 Å². The number of nitrogens with zero attached hydrogens (tertiary/aromatic N) is 2. The molecule has 2 aliphatic rings. The van der Waals surface area contributed by atoms with Gasteiger partial charge < -0.3 is 41.2 Å². The lowest BCUT2D eigenvalue weighted by atomic mass is 10.1. The number of amides is 1. The molecule has 2 aromatic rings. The van der Waals surface area contributed by atoms with Crippen molar-refractivity contribution in [3.05, 3.63) is 35.4 Å². The monoisotopic (exact) mass is 555 g/mol. The van der Waals surface area contributed by atoms with Crippen molar-refractivity contribution in [3.8, 4) is 5.88 Å². The summed E-state index contributed by atoms with van der Waals surface area (Å²) in [6.07, 6.45) is -2.32. The number of nitrogens with one attached hydrogen (secondary N) is 2. The molecule has 6 atom stereocenters. The second-order valence-corrected chi connectivity index (χ2v) is 10.2. The maximum absolute atomic E-state index is 13.6. The minimum absolute atomic E-state index is 0.0136. The molecule has 38 heavy (non-hydrogen) atoms. The Kier molecular flexibility index (Phi) is 9.20. The smallest absolute Gasteiger partial charge is 0.394 e. The van der Waals surface area contributed by atoms with Crippen LogP contribution < -0.4 is 21.1 Å². The number of anilines is 2. The first kappa shape index (κ1) is 28.2. The highest BCUT2D eigenvalue weighted by atomic mass is 32.2. The normalized spacial score (nSPS) is 26.3. The summed E-state index contributed by atoms with van der Waals surface area (Å²) in [6.45, 7) is 1.77. The van der Waals surface area contributed by atoms with Crippen LogP contribution in [-0.2, 0) is 4.74 Å². The predicted octanol–water partition coefficient (Wildman–Crippen LogP) is 1.77. The highest BCUT2D eigenvalue weighted by Gasteiger charge is 2.43. The first-order valence-electron chi connectivity index (χ1n) is 12.3. The van der Waals surface area contributed by atoms with Gasteiger partial charge in [-0.15, -0.1) is 0 Å². The van der Waals surface area contributed by atoms with Crippen LogP contribution in [-0.4, -0.2) is 80.7 Å². The number of halogens is 2. The molecule has 1 aromatic heterocycles. The van der Waals surface area contributed by atoms with Gasteiger partial charge in [-0.1, -0.05) is 24.8 Å². The standard InChI is InChI=1S/C24H31F2N5O6S/c1-2-7-38-23-30-21(28-16-10-17(36-6-5-32)20(34)19(16)33)18(27)22(31-23)37-24(35)29-15-9-12(15)11-3-4-13(25)14(26)8-11/h3-4,8,12,15-17,19-20,32-34H,2,5-7,9-10,27H2,1H3,(H,29,35)(H,28,30,31)/t12-,15+,16+,17-,19-,20+/m0/s1. The lowest BCUT2D eigenvalue weighted by Gasteiger charge is -2.20. The topological polar surface area (TPSA) is 172 Å². The SMILES string of the molecule is CCCSc1nc(N[C@@H]2C[C@H](OCCO)[C@@H](O)[C@H]2O)c(N)c(OC(=O)N[C@@H]2C[C@H]2c2ccc(F)c(F)c2)n1. The Morgan fingerprint density at radius 3 is 2.68 bits per heavy atom. The Bertz CT molecular complexity index is 1150. The number of aromatic nitrogens is 2. The van der Waals surface area contributed by atoms with E-state index in [9.17, 15) is 23.8 Å². The van der Waals surface area contributed by atoms with Gasteiger partial charge in [-0.2, -0.15) is 4.98 Å². The summed E-state index contributed by atoms with van der Waals surface area (Å²) in [4.78, 5) is 21.3. The number of aliphatic hydroxyl groups excluding tert-OH is 3. The fraction of sp³-hybridized carbons (Fsp3) is 0.542. The van der Waals surface area contributed by atoms with Crippen molar-refractivity contribution >= 4 is 29.4 Å². The van der Waals surface area contributed by atoms with Crippen molar-refractivity contribution in [2.45, 2.75) is 67.7 Å². The van der Waals surface area contributed by atoms with E-state index < -0.39 is 42.1 Å². The molecule has 0 saturated heterocycles. The molecular formula is C24H31F2N5O6S. The van der Waals surface area contributed by atoms with Crippen molar-refractivity contribution in [1.29, 1.82) is 0 Å². The van der Waals surface area contributed by atoms with Gasteiger partial charge in [-0.05, 0) is 37.0 Å². The summed E-state index contributed by atoms with van der Waals surface area (Å²) < 4.78 is 37.6. The zero-order valence-electron chi connectivity index (χ0n) is 20.6. The molecule has 0 bridgehead atoms. The molecule has 4 rings (SSSR count). The lowest BCUT2D eigenvalue weighted by Crippen LogP contribution is -2.37. The maximum Gasteiger partial charge on any atom is 0.414 e. The second-order valence-electron chi connectivity index (χ2n) is 9.18. The van der Waals surface area contributed by atoms with Gasteiger partial charge in [0.2, 0.25) is 0 Å². The molecule has 2 fully saturated rings. The highest BCUT2D eigenvalue weighted by molar-refractivity contribution is 7.99. The molecule has 1 amide bonds. The summed E-state index contributed by atoms with van der Waals surface area (Å²) in [5.74, 6) is -1.45. The van der Waals surface area contributed by atoms with E-state index in [1.807, 2.05) is 6.92 Å². The van der Waals surface area contributed by atoms with Crippen molar-refractivity contribution in [1.82, 2.24) is 15.3 Å². The number of hydrogen-bond donors (Lipinski definition) is 6. The number of benzene rings is 1. The zero-order valence-corrected chi connectivity index (χ0v) is 21.5. The number of carbonyl (C=O) groups is 1. The summed E-state index contributed by atoms with van der Waals surface area (Å²) in [6, 6.07) is 2.62. The number of thioether (sulfide) groups is 1. The van der Waals surface area contributed by atoms with Crippen LogP contribution in [0.3, 0.4) is 0 Å². The number of nitrogen functional groups attached to an aromatic ring is 1. The Hall–Kier alpha value is -2.78. The van der Waals surface area contributed by atoms with E-state index in [2.05, 4.69) is 20.6 Å². The van der Waals surface area contributed by atoms with Crippen molar-refractivity contribution < 1.29 is 38.4 Å². The van der Waals surface area contributed by atoms with Crippen LogP contribution in [0.25, 0.3) is 0 Å². The van der Waals surface area contributed by atoms with Gasteiger partial charge in [0.15, 0.2) is 22.6 Å². The van der Waals surface area contributed by atoms with Gasteiger partial charge in [0.1, 0.15) is 17.9 Å². The quantitative estimate of drug-likeness (QED) is 0.176. The second kappa shape index (κ2) is 12.4. The average molecular weight is 556 g/mol. The molecule has 0 aliphatic heterocycles. The van der Waals surface area contributed by atoms with E-state index in [1.165, 1.54) is 17.8 Å². The third-order valence-electron chi connectivity index (χ3n) is 6.35. The molecule has 1 aromatic carbocycles. The fourth-order valence-electron chi connectivity index (χ4n) is 4.29. The van der Waals surface area contributed by atoms with E-state index in [0.29, 0.717) is 22.9 Å². The molecule has 208 valence electrons. The zero-order chi connectivity index (χ0) is 27.4. The van der Waals surface area contributed by atoms with Gasteiger partial charge in [-0.25, -0.2) is 18.6 Å². The number of nitrogens with two attached hydrogens (primary N) is 1. The third kappa shape index (κ3) is 6.61. The Labute approximate surface area is 222 Å². The van der Waals surface area contributed by atoms with Gasteiger partial charge in [0.25, 0.3) is 5.88 Å². The minimum atomic E-state index is -1.20. The number of hydrogen-bond acceptors (Lipinski definition) is 11. The van der Waals surface area contributed by atoms with E-state index in [1.54, 1.807) is 0 Å².